The van der Waals surface area contributed by atoms with E-state index in [1.165, 1.54) is 17.6 Å². The molecule has 0 bridgehead atoms. The van der Waals surface area contributed by atoms with Crippen molar-refractivity contribution in [1.29, 1.82) is 0 Å². The van der Waals surface area contributed by atoms with Gasteiger partial charge in [-0.2, -0.15) is 4.80 Å². The molecule has 2 aromatic rings. The minimum absolute atomic E-state index is 0.0491. The smallest absolute Gasteiger partial charge is 0.247 e. The van der Waals surface area contributed by atoms with Crippen molar-refractivity contribution in [3.63, 3.8) is 0 Å². The first-order chi connectivity index (χ1) is 11.1. The van der Waals surface area contributed by atoms with Crippen LogP contribution < -0.4 is 5.32 Å². The minimum Gasteiger partial charge on any atom is -0.351 e. The topological polar surface area (TPSA) is 72.7 Å². The van der Waals surface area contributed by atoms with E-state index in [-0.39, 0.29) is 11.9 Å². The van der Waals surface area contributed by atoms with Crippen LogP contribution in [0.4, 0.5) is 0 Å². The molecule has 2 atom stereocenters. The van der Waals surface area contributed by atoms with E-state index in [2.05, 4.69) is 27.7 Å². The molecular weight excluding hydrogens is 314 g/mol. The number of amides is 1. The summed E-state index contributed by atoms with van der Waals surface area (Å²) in [7, 11) is 0. The molecule has 7 heteroatoms. The summed E-state index contributed by atoms with van der Waals surface area (Å²) in [5.74, 6) is 1.06. The highest BCUT2D eigenvalue weighted by atomic mass is 35.5. The van der Waals surface area contributed by atoms with Gasteiger partial charge in [-0.15, -0.1) is 10.2 Å². The molecule has 1 amide bonds. The third-order valence-electron chi connectivity index (χ3n) is 4.20. The van der Waals surface area contributed by atoms with Crippen LogP contribution in [0.5, 0.6) is 0 Å². The predicted octanol–water partition coefficient (Wildman–Crippen LogP) is 2.86. The summed E-state index contributed by atoms with van der Waals surface area (Å²) < 4.78 is 0. The van der Waals surface area contributed by atoms with Gasteiger partial charge in [0.25, 0.3) is 0 Å². The zero-order chi connectivity index (χ0) is 16.4. The molecule has 0 aliphatic heterocycles. The summed E-state index contributed by atoms with van der Waals surface area (Å²) in [6.45, 7) is 3.99. The predicted molar refractivity (Wildman–Crippen MR) is 87.9 cm³/mol. The van der Waals surface area contributed by atoms with Crippen molar-refractivity contribution in [1.82, 2.24) is 25.5 Å². The molecule has 3 rings (SSSR count). The van der Waals surface area contributed by atoms with Crippen LogP contribution in [-0.2, 0) is 4.79 Å². The number of carbonyl (C=O) groups is 1. The van der Waals surface area contributed by atoms with E-state index in [1.54, 1.807) is 12.1 Å². The number of nitrogens with zero attached hydrogens (tertiary/aromatic N) is 4. The van der Waals surface area contributed by atoms with E-state index < -0.39 is 6.04 Å². The maximum Gasteiger partial charge on any atom is 0.247 e. The maximum absolute atomic E-state index is 12.5. The Kier molecular flexibility index (Phi) is 4.61. The minimum atomic E-state index is -0.440. The first-order valence-electron chi connectivity index (χ1n) is 7.94. The molecule has 0 spiro atoms. The summed E-state index contributed by atoms with van der Waals surface area (Å²) in [6, 6.07) is 6.98. The monoisotopic (exact) mass is 333 g/mol. The highest BCUT2D eigenvalue weighted by Gasteiger charge is 2.31. The van der Waals surface area contributed by atoms with Gasteiger partial charge in [-0.1, -0.05) is 18.5 Å². The average molecular weight is 334 g/mol. The second-order valence-electron chi connectivity index (χ2n) is 6.00. The molecule has 1 saturated carbocycles. The highest BCUT2D eigenvalue weighted by molar-refractivity contribution is 6.30. The molecule has 23 heavy (non-hydrogen) atoms. The van der Waals surface area contributed by atoms with Gasteiger partial charge >= 0.3 is 0 Å². The summed E-state index contributed by atoms with van der Waals surface area (Å²) >= 11 is 5.88. The van der Waals surface area contributed by atoms with Crippen LogP contribution in [0.1, 0.15) is 39.2 Å². The lowest BCUT2D eigenvalue weighted by Gasteiger charge is -2.17. The molecule has 0 saturated heterocycles. The van der Waals surface area contributed by atoms with E-state index in [0.717, 1.165) is 5.56 Å². The molecular formula is C16H20ClN5O. The van der Waals surface area contributed by atoms with Crippen molar-refractivity contribution in [3.8, 4) is 11.4 Å². The zero-order valence-corrected chi connectivity index (χ0v) is 14.0. The number of nitrogens with one attached hydrogen (secondary N) is 1. The van der Waals surface area contributed by atoms with Gasteiger partial charge in [-0.05, 0) is 61.6 Å². The normalized spacial score (nSPS) is 16.8. The van der Waals surface area contributed by atoms with Crippen LogP contribution in [0.3, 0.4) is 0 Å². The SMILES string of the molecule is CCC(C(=O)NC(C)C1CC1)n1nnc(-c2ccc(Cl)cc2)n1. The molecule has 1 aliphatic rings. The van der Waals surface area contributed by atoms with Gasteiger partial charge < -0.3 is 5.32 Å². The Labute approximate surface area is 140 Å². The second kappa shape index (κ2) is 6.66. The van der Waals surface area contributed by atoms with Crippen molar-refractivity contribution < 1.29 is 4.79 Å². The number of hydrogen-bond donors (Lipinski definition) is 1. The van der Waals surface area contributed by atoms with Gasteiger partial charge in [-0.25, -0.2) is 0 Å². The fraction of sp³-hybridized carbons (Fsp3) is 0.500. The first kappa shape index (κ1) is 15.9. The second-order valence-corrected chi connectivity index (χ2v) is 6.44. The Bertz CT molecular complexity index is 680. The number of halogens is 1. The number of tetrazole rings is 1. The Morgan fingerprint density at radius 3 is 2.70 bits per heavy atom. The van der Waals surface area contributed by atoms with Gasteiger partial charge in [-0.3, -0.25) is 4.79 Å². The quantitative estimate of drug-likeness (QED) is 0.882. The van der Waals surface area contributed by atoms with Crippen molar-refractivity contribution in [2.24, 2.45) is 5.92 Å². The van der Waals surface area contributed by atoms with Gasteiger partial charge in [0.05, 0.1) is 0 Å². The van der Waals surface area contributed by atoms with Crippen LogP contribution in [0.15, 0.2) is 24.3 Å². The molecule has 1 N–H and O–H groups in total. The summed E-state index contributed by atoms with van der Waals surface area (Å²) in [5, 5.41) is 16.2. The third-order valence-corrected chi connectivity index (χ3v) is 4.45. The lowest BCUT2D eigenvalue weighted by molar-refractivity contribution is -0.125. The number of benzene rings is 1. The van der Waals surface area contributed by atoms with Crippen molar-refractivity contribution in [2.45, 2.75) is 45.2 Å². The molecule has 122 valence electrons. The van der Waals surface area contributed by atoms with Gasteiger partial charge in [0, 0.05) is 16.6 Å². The van der Waals surface area contributed by atoms with E-state index in [0.29, 0.717) is 23.2 Å². The Morgan fingerprint density at radius 1 is 1.39 bits per heavy atom. The first-order valence-corrected chi connectivity index (χ1v) is 8.32. The summed E-state index contributed by atoms with van der Waals surface area (Å²) in [5.41, 5.74) is 0.822. The van der Waals surface area contributed by atoms with Crippen LogP contribution in [0.25, 0.3) is 11.4 Å². The number of rotatable bonds is 6. The number of aromatic nitrogens is 4. The molecule has 0 radical (unpaired) electrons. The average Bonchev–Trinajstić information content (AvgIpc) is 3.28. The molecule has 1 heterocycles. The van der Waals surface area contributed by atoms with Gasteiger partial charge in [0.1, 0.15) is 0 Å². The number of carbonyl (C=O) groups excluding carboxylic acids is 1. The molecule has 1 aliphatic carbocycles. The molecule has 2 unspecified atom stereocenters. The highest BCUT2D eigenvalue weighted by Crippen LogP contribution is 2.32. The third kappa shape index (κ3) is 3.69. The summed E-state index contributed by atoms with van der Waals surface area (Å²) in [6.07, 6.45) is 3.00. The maximum atomic E-state index is 12.5. The zero-order valence-electron chi connectivity index (χ0n) is 13.2. The van der Waals surface area contributed by atoms with Crippen LogP contribution in [-0.4, -0.2) is 32.2 Å². The van der Waals surface area contributed by atoms with Crippen molar-refractivity contribution >= 4 is 17.5 Å². The van der Waals surface area contributed by atoms with E-state index in [9.17, 15) is 4.79 Å². The van der Waals surface area contributed by atoms with Crippen LogP contribution in [0, 0.1) is 5.92 Å². The van der Waals surface area contributed by atoms with Gasteiger partial charge in [0.15, 0.2) is 6.04 Å². The van der Waals surface area contributed by atoms with Crippen LogP contribution in [0.2, 0.25) is 5.02 Å². The molecule has 1 aromatic carbocycles. The van der Waals surface area contributed by atoms with Crippen molar-refractivity contribution in [2.75, 3.05) is 0 Å². The Balaban J connectivity index is 1.73. The lowest BCUT2D eigenvalue weighted by Crippen LogP contribution is -2.39. The van der Waals surface area contributed by atoms with E-state index in [1.807, 2.05) is 19.1 Å². The molecule has 1 aromatic heterocycles. The largest absolute Gasteiger partial charge is 0.351 e. The van der Waals surface area contributed by atoms with Crippen molar-refractivity contribution in [3.05, 3.63) is 29.3 Å². The van der Waals surface area contributed by atoms with Gasteiger partial charge in [0.2, 0.25) is 11.7 Å². The Hall–Kier alpha value is -1.95. The lowest BCUT2D eigenvalue weighted by atomic mass is 10.1. The Morgan fingerprint density at radius 2 is 2.09 bits per heavy atom. The fourth-order valence-electron chi connectivity index (χ4n) is 2.56. The molecule has 6 nitrogen and oxygen atoms in total. The number of hydrogen-bond acceptors (Lipinski definition) is 4. The standard InChI is InChI=1S/C16H20ClN5O/c1-3-14(16(23)18-10(2)11-4-5-11)22-20-15(19-21-22)12-6-8-13(17)9-7-12/h6-11,14H,3-5H2,1-2H3,(H,18,23). The fourth-order valence-corrected chi connectivity index (χ4v) is 2.69. The van der Waals surface area contributed by atoms with Crippen LogP contribution >= 0.6 is 11.6 Å². The molecule has 1 fully saturated rings. The summed E-state index contributed by atoms with van der Waals surface area (Å²) in [4.78, 5) is 13.9. The van der Waals surface area contributed by atoms with E-state index in [4.69, 9.17) is 11.6 Å². The van der Waals surface area contributed by atoms with E-state index >= 15 is 0 Å².